The Labute approximate surface area is 134 Å². The van der Waals surface area contributed by atoms with Crippen LogP contribution in [-0.2, 0) is 0 Å². The zero-order valence-electron chi connectivity index (χ0n) is 11.8. The molecule has 2 fully saturated rings. The third-order valence-electron chi connectivity index (χ3n) is 4.48. The van der Waals surface area contributed by atoms with Crippen molar-refractivity contribution < 1.29 is 27.5 Å². The van der Waals surface area contributed by atoms with Crippen LogP contribution in [0.25, 0.3) is 0 Å². The van der Waals surface area contributed by atoms with E-state index in [1.165, 1.54) is 18.2 Å². The smallest absolute Gasteiger partial charge is 0.292 e. The normalized spacial score (nSPS) is 31.7. The van der Waals surface area contributed by atoms with Gasteiger partial charge in [-0.1, -0.05) is 17.7 Å². The van der Waals surface area contributed by atoms with E-state index < -0.39 is 55.2 Å². The number of halogens is 5. The summed E-state index contributed by atoms with van der Waals surface area (Å²) in [5.74, 6) is -7.81. The number of carbonyl (C=O) groups is 1. The van der Waals surface area contributed by atoms with Crippen LogP contribution >= 0.6 is 11.6 Å². The summed E-state index contributed by atoms with van der Waals surface area (Å²) in [7, 11) is 0. The molecule has 23 heavy (non-hydrogen) atoms. The molecule has 2 heterocycles. The van der Waals surface area contributed by atoms with Crippen LogP contribution in [0.3, 0.4) is 0 Å². The molecule has 2 aliphatic rings. The monoisotopic (exact) mass is 352 g/mol. The zero-order chi connectivity index (χ0) is 17.0. The van der Waals surface area contributed by atoms with Crippen LogP contribution in [0.4, 0.5) is 17.6 Å². The van der Waals surface area contributed by atoms with Crippen molar-refractivity contribution in [3.63, 3.8) is 0 Å². The molecular weight excluding hydrogens is 340 g/mol. The lowest BCUT2D eigenvalue weighted by Crippen LogP contribution is -2.53. The Bertz CT molecular complexity index is 657. The summed E-state index contributed by atoms with van der Waals surface area (Å²) >= 11 is 5.68. The van der Waals surface area contributed by atoms with Gasteiger partial charge in [-0.3, -0.25) is 4.79 Å². The maximum Gasteiger partial charge on any atom is 0.292 e. The molecule has 9 heteroatoms. The number of aliphatic hydroxyl groups excluding tert-OH is 1. The standard InChI is InChI=1S/C14H13ClF4N2O2/c15-9-3-1-2-8(20-9)10(22)21-7-14(18,19)11(23)12(21)4-5-13(16,17)6-12/h1-3,11,23H,4-7H2/t11-,12+/m0/s1. The molecule has 1 saturated heterocycles. The number of rotatable bonds is 1. The highest BCUT2D eigenvalue weighted by atomic mass is 35.5. The average Bonchev–Trinajstić information content (AvgIpc) is 2.88. The van der Waals surface area contributed by atoms with Crippen molar-refractivity contribution in [1.82, 2.24) is 9.88 Å². The fraction of sp³-hybridized carbons (Fsp3) is 0.571. The number of amides is 1. The van der Waals surface area contributed by atoms with Gasteiger partial charge in [0.1, 0.15) is 17.0 Å². The minimum atomic E-state index is -3.66. The van der Waals surface area contributed by atoms with E-state index in [1.807, 2.05) is 0 Å². The van der Waals surface area contributed by atoms with Gasteiger partial charge >= 0.3 is 0 Å². The molecule has 126 valence electrons. The van der Waals surface area contributed by atoms with Gasteiger partial charge in [0.25, 0.3) is 17.8 Å². The predicted molar refractivity (Wildman–Crippen MR) is 72.8 cm³/mol. The van der Waals surface area contributed by atoms with E-state index in [4.69, 9.17) is 11.6 Å². The van der Waals surface area contributed by atoms with Crippen molar-refractivity contribution in [3.05, 3.63) is 29.0 Å². The van der Waals surface area contributed by atoms with E-state index in [0.717, 1.165) is 0 Å². The van der Waals surface area contributed by atoms with Gasteiger partial charge in [-0.25, -0.2) is 22.5 Å². The Hall–Kier alpha value is -1.41. The largest absolute Gasteiger partial charge is 0.384 e. The molecule has 4 nitrogen and oxygen atoms in total. The van der Waals surface area contributed by atoms with E-state index in [1.54, 1.807) is 0 Å². The summed E-state index contributed by atoms with van der Waals surface area (Å²) in [6.07, 6.45) is -4.40. The van der Waals surface area contributed by atoms with Crippen molar-refractivity contribution in [2.24, 2.45) is 0 Å². The van der Waals surface area contributed by atoms with Crippen LogP contribution in [0.15, 0.2) is 18.2 Å². The minimum absolute atomic E-state index is 0.0202. The van der Waals surface area contributed by atoms with Gasteiger partial charge in [-0.2, -0.15) is 0 Å². The molecule has 1 aliphatic carbocycles. The van der Waals surface area contributed by atoms with Crippen molar-refractivity contribution in [2.75, 3.05) is 6.54 Å². The second-order valence-corrected chi connectivity index (χ2v) is 6.42. The molecule has 1 saturated carbocycles. The Morgan fingerprint density at radius 3 is 2.57 bits per heavy atom. The molecule has 1 aromatic heterocycles. The van der Waals surface area contributed by atoms with Gasteiger partial charge in [0.2, 0.25) is 0 Å². The van der Waals surface area contributed by atoms with Gasteiger partial charge in [0.15, 0.2) is 0 Å². The topological polar surface area (TPSA) is 53.4 Å². The third kappa shape index (κ3) is 2.57. The average molecular weight is 353 g/mol. The quantitative estimate of drug-likeness (QED) is 0.624. The van der Waals surface area contributed by atoms with E-state index in [-0.39, 0.29) is 10.8 Å². The Morgan fingerprint density at radius 1 is 1.30 bits per heavy atom. The molecule has 1 aromatic rings. The molecule has 0 radical (unpaired) electrons. The molecule has 0 aromatic carbocycles. The molecule has 0 unspecified atom stereocenters. The molecule has 1 N–H and O–H groups in total. The number of aromatic nitrogens is 1. The van der Waals surface area contributed by atoms with Crippen LogP contribution in [0.2, 0.25) is 5.15 Å². The number of hydrogen-bond acceptors (Lipinski definition) is 3. The maximum atomic E-state index is 14.0. The van der Waals surface area contributed by atoms with E-state index in [0.29, 0.717) is 4.90 Å². The van der Waals surface area contributed by atoms with Crippen molar-refractivity contribution >= 4 is 17.5 Å². The first-order valence-corrected chi connectivity index (χ1v) is 7.33. The molecule has 3 rings (SSSR count). The first-order chi connectivity index (χ1) is 10.6. The molecule has 1 aliphatic heterocycles. The molecular formula is C14H13ClF4N2O2. The van der Waals surface area contributed by atoms with Crippen molar-refractivity contribution in [1.29, 1.82) is 0 Å². The number of pyridine rings is 1. The molecule has 1 amide bonds. The number of nitrogens with zero attached hydrogens (tertiary/aromatic N) is 2. The maximum absolute atomic E-state index is 14.0. The number of carbonyl (C=O) groups excluding carboxylic acids is 1. The second kappa shape index (κ2) is 5.04. The van der Waals surface area contributed by atoms with E-state index in [2.05, 4.69) is 4.98 Å². The fourth-order valence-electron chi connectivity index (χ4n) is 3.42. The van der Waals surface area contributed by atoms with Crippen LogP contribution in [0.1, 0.15) is 29.8 Å². The highest BCUT2D eigenvalue weighted by Gasteiger charge is 2.69. The predicted octanol–water partition coefficient (Wildman–Crippen LogP) is 2.75. The zero-order valence-corrected chi connectivity index (χ0v) is 12.5. The minimum Gasteiger partial charge on any atom is -0.384 e. The van der Waals surface area contributed by atoms with Crippen LogP contribution in [-0.4, -0.2) is 50.9 Å². The summed E-state index contributed by atoms with van der Waals surface area (Å²) in [5.41, 5.74) is -2.22. The Kier molecular flexibility index (Phi) is 3.61. The molecule has 1 spiro atoms. The van der Waals surface area contributed by atoms with Gasteiger partial charge in [-0.15, -0.1) is 0 Å². The van der Waals surface area contributed by atoms with E-state index in [9.17, 15) is 27.5 Å². The van der Waals surface area contributed by atoms with Crippen LogP contribution in [0.5, 0.6) is 0 Å². The number of hydrogen-bond donors (Lipinski definition) is 1. The number of aliphatic hydroxyl groups is 1. The lowest BCUT2D eigenvalue weighted by atomic mass is 9.89. The van der Waals surface area contributed by atoms with Gasteiger partial charge in [0, 0.05) is 12.8 Å². The molecule has 2 atom stereocenters. The lowest BCUT2D eigenvalue weighted by molar-refractivity contribution is -0.102. The first kappa shape index (κ1) is 16.4. The molecule has 0 bridgehead atoms. The van der Waals surface area contributed by atoms with Crippen molar-refractivity contribution in [2.45, 2.75) is 42.8 Å². The summed E-state index contributed by atoms with van der Waals surface area (Å²) in [5, 5.41) is 9.92. The van der Waals surface area contributed by atoms with Crippen LogP contribution < -0.4 is 0 Å². The summed E-state index contributed by atoms with van der Waals surface area (Å²) in [4.78, 5) is 16.9. The first-order valence-electron chi connectivity index (χ1n) is 6.96. The third-order valence-corrected chi connectivity index (χ3v) is 4.69. The highest BCUT2D eigenvalue weighted by molar-refractivity contribution is 6.29. The number of alkyl halides is 4. The van der Waals surface area contributed by atoms with Gasteiger partial charge in [-0.05, 0) is 18.6 Å². The summed E-state index contributed by atoms with van der Waals surface area (Å²) in [6, 6.07) is 4.06. The second-order valence-electron chi connectivity index (χ2n) is 6.04. The summed E-state index contributed by atoms with van der Waals surface area (Å²) < 4.78 is 55.2. The highest BCUT2D eigenvalue weighted by Crippen LogP contribution is 2.54. The summed E-state index contributed by atoms with van der Waals surface area (Å²) in [6.45, 7) is -1.13. The Balaban J connectivity index is 2.01. The lowest BCUT2D eigenvalue weighted by Gasteiger charge is -2.36. The Morgan fingerprint density at radius 2 is 2.00 bits per heavy atom. The van der Waals surface area contributed by atoms with Gasteiger partial charge in [0.05, 0.1) is 12.1 Å². The van der Waals surface area contributed by atoms with Gasteiger partial charge < -0.3 is 10.0 Å². The number of likely N-dealkylation sites (tertiary alicyclic amines) is 1. The van der Waals surface area contributed by atoms with Crippen molar-refractivity contribution in [3.8, 4) is 0 Å². The fourth-order valence-corrected chi connectivity index (χ4v) is 3.59. The SMILES string of the molecule is O=C(c1cccc(Cl)n1)N1CC(F)(F)[C@@H](O)[C@]12CCC(F)(F)C2. The van der Waals surface area contributed by atoms with Crippen LogP contribution in [0, 0.1) is 0 Å². The van der Waals surface area contributed by atoms with E-state index >= 15 is 0 Å².